The molecule has 0 radical (unpaired) electrons. The molecule has 0 spiro atoms. The van der Waals surface area contributed by atoms with E-state index in [2.05, 4.69) is 10.6 Å². The Hall–Kier alpha value is -2.39. The first kappa shape index (κ1) is 26.6. The lowest BCUT2D eigenvalue weighted by Crippen LogP contribution is -2.49. The van der Waals surface area contributed by atoms with Crippen LogP contribution in [0, 0.1) is 5.82 Å². The van der Waals surface area contributed by atoms with E-state index in [4.69, 9.17) is 15.2 Å². The number of unbranched alkanes of at least 4 members (excludes halogenated alkanes) is 2. The van der Waals surface area contributed by atoms with Gasteiger partial charge in [-0.3, -0.25) is 0 Å². The fourth-order valence-electron chi connectivity index (χ4n) is 2.90. The van der Waals surface area contributed by atoms with Crippen LogP contribution in [-0.4, -0.2) is 49.2 Å². The summed E-state index contributed by atoms with van der Waals surface area (Å²) in [5.41, 5.74) is 7.02. The molecule has 3 atom stereocenters. The van der Waals surface area contributed by atoms with Crippen molar-refractivity contribution in [2.75, 3.05) is 19.6 Å². The van der Waals surface area contributed by atoms with E-state index in [1.54, 1.807) is 30.9 Å². The number of halogens is 1. The topological polar surface area (TPSA) is 106 Å². The Morgan fingerprint density at radius 2 is 1.42 bits per heavy atom. The van der Waals surface area contributed by atoms with Crippen LogP contribution in [0.3, 0.4) is 0 Å². The zero-order chi connectivity index (χ0) is 23.2. The smallest absolute Gasteiger partial charge is 0.408 e. The highest BCUT2D eigenvalue weighted by atomic mass is 19.1. The first-order chi connectivity index (χ1) is 14.8. The van der Waals surface area contributed by atoms with Gasteiger partial charge in [-0.2, -0.15) is 0 Å². The average molecular weight is 441 g/mol. The van der Waals surface area contributed by atoms with Gasteiger partial charge in [0.1, 0.15) is 5.82 Å². The summed E-state index contributed by atoms with van der Waals surface area (Å²) in [5.74, 6) is -0.353. The maximum Gasteiger partial charge on any atom is 0.408 e. The Morgan fingerprint density at radius 3 is 1.84 bits per heavy atom. The highest BCUT2D eigenvalue weighted by Gasteiger charge is 2.28. The van der Waals surface area contributed by atoms with E-state index >= 15 is 0 Å². The first-order valence-corrected chi connectivity index (χ1v) is 10.9. The Morgan fingerprint density at radius 1 is 0.968 bits per heavy atom. The van der Waals surface area contributed by atoms with Crippen molar-refractivity contribution in [3.8, 4) is 0 Å². The second-order valence-corrected chi connectivity index (χ2v) is 7.42. The van der Waals surface area contributed by atoms with Crippen molar-refractivity contribution >= 4 is 12.2 Å². The van der Waals surface area contributed by atoms with E-state index < -0.39 is 30.7 Å². The number of nitrogens with zero attached hydrogens (tertiary/aromatic N) is 1. The van der Waals surface area contributed by atoms with Gasteiger partial charge in [-0.1, -0.05) is 38.8 Å². The van der Waals surface area contributed by atoms with Crippen molar-refractivity contribution in [3.05, 3.63) is 35.6 Å². The highest BCUT2D eigenvalue weighted by molar-refractivity contribution is 5.67. The Kier molecular flexibility index (Phi) is 12.5. The SMILES string of the molecule is CCCCNC(=O)OC(C)N(CC(N)c1ccc(F)cc1)C(C)OC(=O)NCCCC. The van der Waals surface area contributed by atoms with Crippen LogP contribution >= 0.6 is 0 Å². The van der Waals surface area contributed by atoms with Crippen LogP contribution in [0.2, 0.25) is 0 Å². The summed E-state index contributed by atoms with van der Waals surface area (Å²) in [6, 6.07) is 5.36. The summed E-state index contributed by atoms with van der Waals surface area (Å²) < 4.78 is 24.2. The number of carbonyl (C=O) groups is 2. The summed E-state index contributed by atoms with van der Waals surface area (Å²) in [6.07, 6.45) is 1.05. The summed E-state index contributed by atoms with van der Waals surface area (Å²) in [4.78, 5) is 25.9. The first-order valence-electron chi connectivity index (χ1n) is 10.9. The van der Waals surface area contributed by atoms with Crippen LogP contribution in [0.4, 0.5) is 14.0 Å². The largest absolute Gasteiger partial charge is 0.430 e. The van der Waals surface area contributed by atoms with Crippen molar-refractivity contribution in [1.82, 2.24) is 15.5 Å². The molecule has 1 rings (SSSR count). The monoisotopic (exact) mass is 440 g/mol. The molecule has 4 N–H and O–H groups in total. The second kappa shape index (κ2) is 14.6. The maximum atomic E-state index is 13.2. The third-order valence-electron chi connectivity index (χ3n) is 4.79. The van der Waals surface area contributed by atoms with Crippen LogP contribution in [-0.2, 0) is 9.47 Å². The lowest BCUT2D eigenvalue weighted by Gasteiger charge is -2.35. The third-order valence-corrected chi connectivity index (χ3v) is 4.79. The summed E-state index contributed by atoms with van der Waals surface area (Å²) >= 11 is 0. The number of carbonyl (C=O) groups excluding carboxylic acids is 2. The van der Waals surface area contributed by atoms with E-state index in [1.165, 1.54) is 12.1 Å². The molecule has 0 aromatic heterocycles. The van der Waals surface area contributed by atoms with E-state index in [0.717, 1.165) is 25.7 Å². The number of amides is 2. The number of nitrogens with one attached hydrogen (secondary N) is 2. The quantitative estimate of drug-likeness (QED) is 0.318. The molecule has 0 fully saturated rings. The van der Waals surface area contributed by atoms with Crippen molar-refractivity contribution in [1.29, 1.82) is 0 Å². The fraction of sp³-hybridized carbons (Fsp3) is 0.636. The van der Waals surface area contributed by atoms with Gasteiger partial charge in [0.2, 0.25) is 0 Å². The molecule has 0 aliphatic carbocycles. The molecule has 0 bridgehead atoms. The number of rotatable bonds is 13. The van der Waals surface area contributed by atoms with Crippen LogP contribution in [0.5, 0.6) is 0 Å². The van der Waals surface area contributed by atoms with Crippen LogP contribution < -0.4 is 16.4 Å². The summed E-state index contributed by atoms with van der Waals surface area (Å²) in [7, 11) is 0. The van der Waals surface area contributed by atoms with Gasteiger partial charge in [-0.05, 0) is 44.4 Å². The fourth-order valence-corrected chi connectivity index (χ4v) is 2.90. The number of hydrogen-bond acceptors (Lipinski definition) is 6. The molecule has 1 aromatic carbocycles. The number of hydrogen-bond donors (Lipinski definition) is 3. The highest BCUT2D eigenvalue weighted by Crippen LogP contribution is 2.17. The van der Waals surface area contributed by atoms with Crippen molar-refractivity contribution < 1.29 is 23.5 Å². The second-order valence-electron chi connectivity index (χ2n) is 7.42. The Labute approximate surface area is 184 Å². The minimum Gasteiger partial charge on any atom is -0.430 e. The molecular weight excluding hydrogens is 403 g/mol. The molecule has 31 heavy (non-hydrogen) atoms. The standard InChI is InChI=1S/C22H37FN4O4/c1-5-7-13-25-21(28)30-16(3)27(17(4)31-22(29)26-14-8-6-2)15-20(24)18-9-11-19(23)12-10-18/h9-12,16-17,20H,5-8,13-15,24H2,1-4H3,(H,25,28)(H,26,29). The molecule has 0 aliphatic rings. The van der Waals surface area contributed by atoms with Crippen LogP contribution in [0.1, 0.15) is 65.0 Å². The Bertz CT molecular complexity index is 629. The van der Waals surface area contributed by atoms with Gasteiger partial charge in [0.25, 0.3) is 0 Å². The zero-order valence-corrected chi connectivity index (χ0v) is 19.0. The maximum absolute atomic E-state index is 13.2. The summed E-state index contributed by atoms with van der Waals surface area (Å²) in [6.45, 7) is 8.68. The van der Waals surface area contributed by atoms with Gasteiger partial charge in [0.15, 0.2) is 12.5 Å². The van der Waals surface area contributed by atoms with E-state index in [0.29, 0.717) is 18.7 Å². The summed E-state index contributed by atoms with van der Waals surface area (Å²) in [5, 5.41) is 5.39. The number of ether oxygens (including phenoxy) is 2. The lowest BCUT2D eigenvalue weighted by atomic mass is 10.1. The predicted molar refractivity (Wildman–Crippen MR) is 118 cm³/mol. The third kappa shape index (κ3) is 10.5. The Balaban J connectivity index is 2.82. The van der Waals surface area contributed by atoms with E-state index in [-0.39, 0.29) is 12.4 Å². The van der Waals surface area contributed by atoms with Gasteiger partial charge in [0, 0.05) is 25.7 Å². The van der Waals surface area contributed by atoms with Gasteiger partial charge in [-0.25, -0.2) is 18.9 Å². The average Bonchev–Trinajstić information content (AvgIpc) is 2.72. The van der Waals surface area contributed by atoms with E-state index in [1.807, 2.05) is 13.8 Å². The number of nitrogens with two attached hydrogens (primary N) is 1. The molecule has 0 heterocycles. The van der Waals surface area contributed by atoms with Crippen molar-refractivity contribution in [3.63, 3.8) is 0 Å². The molecule has 3 unspecified atom stereocenters. The predicted octanol–water partition coefficient (Wildman–Crippen LogP) is 3.87. The van der Waals surface area contributed by atoms with Gasteiger partial charge in [0.05, 0.1) is 0 Å². The van der Waals surface area contributed by atoms with Crippen LogP contribution in [0.15, 0.2) is 24.3 Å². The molecule has 0 saturated heterocycles. The molecule has 0 aliphatic heterocycles. The molecule has 0 saturated carbocycles. The normalized spacial score (nSPS) is 13.9. The molecule has 2 amide bonds. The van der Waals surface area contributed by atoms with Crippen molar-refractivity contribution in [2.24, 2.45) is 5.73 Å². The van der Waals surface area contributed by atoms with Crippen molar-refractivity contribution in [2.45, 2.75) is 71.9 Å². The molecule has 1 aromatic rings. The van der Waals surface area contributed by atoms with Gasteiger partial charge >= 0.3 is 12.2 Å². The van der Waals surface area contributed by atoms with Gasteiger partial charge in [-0.15, -0.1) is 0 Å². The molecule has 8 nitrogen and oxygen atoms in total. The molecule has 176 valence electrons. The minimum atomic E-state index is -0.716. The minimum absolute atomic E-state index is 0.221. The molecule has 9 heteroatoms. The van der Waals surface area contributed by atoms with E-state index in [9.17, 15) is 14.0 Å². The molecular formula is C22H37FN4O4. The number of benzene rings is 1. The number of alkyl carbamates (subject to hydrolysis) is 2. The zero-order valence-electron chi connectivity index (χ0n) is 19.0. The lowest BCUT2D eigenvalue weighted by molar-refractivity contribution is -0.0940. The van der Waals surface area contributed by atoms with Crippen LogP contribution in [0.25, 0.3) is 0 Å². The van der Waals surface area contributed by atoms with Gasteiger partial charge < -0.3 is 25.8 Å².